The van der Waals surface area contributed by atoms with Gasteiger partial charge in [-0.15, -0.1) is 0 Å². The summed E-state index contributed by atoms with van der Waals surface area (Å²) in [6.45, 7) is 9.05. The number of rotatable bonds is 10. The molecule has 0 spiro atoms. The molecule has 3 N–H and O–H groups in total. The molecule has 3 aromatic carbocycles. The summed E-state index contributed by atoms with van der Waals surface area (Å²) in [4.78, 5) is 63.4. The molecular weight excluding hydrogens is 721 g/mol. The molecule has 7 rings (SSSR count). The number of nitrogens with one attached hydrogen (secondary N) is 3. The van der Waals surface area contributed by atoms with Crippen molar-refractivity contribution in [2.24, 2.45) is 16.8 Å². The van der Waals surface area contributed by atoms with E-state index in [1.807, 2.05) is 44.7 Å². The number of alkyl carbamates (subject to hydrolysis) is 1. The highest BCUT2D eigenvalue weighted by atomic mass is 16.5. The Balaban J connectivity index is 1.04. The minimum absolute atomic E-state index is 0.00320. The van der Waals surface area contributed by atoms with Gasteiger partial charge in [-0.3, -0.25) is 9.59 Å². The van der Waals surface area contributed by atoms with Gasteiger partial charge in [0.2, 0.25) is 11.8 Å². The smallest absolute Gasteiger partial charge is 0.407 e. The summed E-state index contributed by atoms with van der Waals surface area (Å²) in [5.74, 6) is 7.73. The number of fused-ring (bicyclic) bond motifs is 2. The number of carbonyl (C=O) groups is 3. The van der Waals surface area contributed by atoms with E-state index in [-0.39, 0.29) is 35.7 Å². The number of aromatic nitrogens is 4. The number of H-pyrrole nitrogens is 2. The maximum atomic E-state index is 13.6. The van der Waals surface area contributed by atoms with E-state index < -0.39 is 18.2 Å². The van der Waals surface area contributed by atoms with Crippen LogP contribution in [0.25, 0.3) is 32.9 Å². The molecule has 0 radical (unpaired) electrons. The van der Waals surface area contributed by atoms with Crippen molar-refractivity contribution in [3.05, 3.63) is 83.7 Å². The van der Waals surface area contributed by atoms with Gasteiger partial charge in [-0.1, -0.05) is 57.9 Å². The van der Waals surface area contributed by atoms with Crippen molar-refractivity contribution >= 4 is 46.1 Å². The molecular formula is C44H50N8O5. The van der Waals surface area contributed by atoms with Crippen LogP contribution in [-0.2, 0) is 19.1 Å². The van der Waals surface area contributed by atoms with Crippen molar-refractivity contribution in [1.82, 2.24) is 35.1 Å². The number of benzene rings is 3. The lowest BCUT2D eigenvalue weighted by Gasteiger charge is -2.29. The summed E-state index contributed by atoms with van der Waals surface area (Å²) < 4.78 is 9.77. The van der Waals surface area contributed by atoms with Crippen LogP contribution in [0.3, 0.4) is 0 Å². The fraction of sp³-hybridized carbons (Fsp3) is 0.409. The van der Waals surface area contributed by atoms with Crippen LogP contribution >= 0.6 is 0 Å². The third-order valence-corrected chi connectivity index (χ3v) is 10.9. The zero-order chi connectivity index (χ0) is 40.2. The number of carbonyl (C=O) groups excluding carboxylic acids is 3. The van der Waals surface area contributed by atoms with E-state index in [4.69, 9.17) is 14.5 Å². The Morgan fingerprint density at radius 2 is 1.53 bits per heavy atom. The Morgan fingerprint density at radius 1 is 0.842 bits per heavy atom. The van der Waals surface area contributed by atoms with E-state index in [1.54, 1.807) is 11.1 Å². The zero-order valence-corrected chi connectivity index (χ0v) is 33.3. The van der Waals surface area contributed by atoms with E-state index in [2.05, 4.69) is 79.6 Å². The Morgan fingerprint density at radius 3 is 2.25 bits per heavy atom. The summed E-state index contributed by atoms with van der Waals surface area (Å²) >= 11 is 0. The van der Waals surface area contributed by atoms with Crippen LogP contribution < -0.4 is 5.32 Å². The lowest BCUT2D eigenvalue weighted by molar-refractivity contribution is -0.136. The fourth-order valence-electron chi connectivity index (χ4n) is 7.90. The zero-order valence-electron chi connectivity index (χ0n) is 33.3. The van der Waals surface area contributed by atoms with Gasteiger partial charge in [-0.05, 0) is 95.7 Å². The number of imidazole rings is 2. The number of hydrogen-bond donors (Lipinski definition) is 3. The standard InChI is InChI=1S/C44H50N8O5/c1-26(2)38(46-25-56-5)42(53)52-20-8-10-37(52)41-48-34-18-16-32(23-35(34)49-41)31-15-14-29-21-28(11-13-30(29)22-31)12-17-33-24-45-40(47-33)36-9-7-19-51(36)43(54)39(27(3)4)50-44(55)57-6/h11,13-16,18,21-27,36-39H,7-10,19-20H2,1-6H3,(H,45,47)(H,48,49)(H,50,55)/t36-,37-,38-,39-/m0/s1. The molecule has 0 unspecified atom stereocenters. The molecule has 296 valence electrons. The average molecular weight is 771 g/mol. The Kier molecular flexibility index (Phi) is 11.6. The van der Waals surface area contributed by atoms with Gasteiger partial charge in [0.1, 0.15) is 29.4 Å². The molecule has 2 aromatic heterocycles. The lowest BCUT2D eigenvalue weighted by atomic mass is 9.99. The van der Waals surface area contributed by atoms with Gasteiger partial charge < -0.3 is 34.6 Å². The minimum Gasteiger partial charge on any atom is -0.487 e. The van der Waals surface area contributed by atoms with Crippen LogP contribution in [0, 0.1) is 23.7 Å². The van der Waals surface area contributed by atoms with Crippen molar-refractivity contribution in [1.29, 1.82) is 0 Å². The number of likely N-dealkylation sites (tertiary alicyclic amines) is 2. The molecule has 3 amide bonds. The first-order valence-electron chi connectivity index (χ1n) is 19.6. The Hall–Kier alpha value is -6.16. The van der Waals surface area contributed by atoms with Crippen LogP contribution in [0.15, 0.2) is 65.8 Å². The number of amides is 3. The Bertz CT molecular complexity index is 2370. The monoisotopic (exact) mass is 770 g/mol. The molecule has 4 atom stereocenters. The first-order valence-corrected chi connectivity index (χ1v) is 19.6. The van der Waals surface area contributed by atoms with Gasteiger partial charge in [0, 0.05) is 18.7 Å². The molecule has 13 nitrogen and oxygen atoms in total. The average Bonchev–Trinajstić information content (AvgIpc) is 4.04. The largest absolute Gasteiger partial charge is 0.487 e. The number of hydrogen-bond acceptors (Lipinski definition) is 8. The highest BCUT2D eigenvalue weighted by Crippen LogP contribution is 2.35. The highest BCUT2D eigenvalue weighted by Gasteiger charge is 2.38. The molecule has 57 heavy (non-hydrogen) atoms. The topological polar surface area (TPSA) is 158 Å². The molecule has 4 heterocycles. The van der Waals surface area contributed by atoms with Gasteiger partial charge in [0.05, 0.1) is 43.5 Å². The summed E-state index contributed by atoms with van der Waals surface area (Å²) in [7, 11) is 2.82. The quantitative estimate of drug-likeness (QED) is 0.0791. The van der Waals surface area contributed by atoms with E-state index in [0.29, 0.717) is 24.6 Å². The van der Waals surface area contributed by atoms with Gasteiger partial charge in [0.25, 0.3) is 0 Å². The van der Waals surface area contributed by atoms with Crippen LogP contribution in [-0.4, -0.2) is 93.4 Å². The van der Waals surface area contributed by atoms with E-state index in [0.717, 1.165) is 70.0 Å². The number of aromatic amines is 2. The minimum atomic E-state index is -0.692. The van der Waals surface area contributed by atoms with Gasteiger partial charge in [0.15, 0.2) is 6.40 Å². The van der Waals surface area contributed by atoms with Gasteiger partial charge >= 0.3 is 6.09 Å². The van der Waals surface area contributed by atoms with Gasteiger partial charge in [-0.25, -0.2) is 19.8 Å². The molecule has 2 saturated heterocycles. The molecule has 2 aliphatic rings. The van der Waals surface area contributed by atoms with E-state index in [9.17, 15) is 14.4 Å². The predicted molar refractivity (Wildman–Crippen MR) is 219 cm³/mol. The lowest BCUT2D eigenvalue weighted by Crippen LogP contribution is -2.51. The number of aliphatic imine (C=N–C) groups is 1. The van der Waals surface area contributed by atoms with E-state index in [1.165, 1.54) is 20.6 Å². The first kappa shape index (κ1) is 39.1. The SMILES string of the molecule is COC=N[C@H](C(=O)N1CCC[C@H]1c1nc2ccc(-c3ccc4cc(C#Cc5cnc([C@@H]6CCCN6C(=O)[C@@H](NC(=O)OC)C(C)C)[nH]5)ccc4c3)cc2[nH]1)C(C)C. The molecule has 0 saturated carbocycles. The highest BCUT2D eigenvalue weighted by molar-refractivity contribution is 5.91. The third kappa shape index (κ3) is 8.36. The number of methoxy groups -OCH3 is 2. The van der Waals surface area contributed by atoms with Crippen molar-refractivity contribution in [2.45, 2.75) is 77.5 Å². The molecule has 5 aromatic rings. The van der Waals surface area contributed by atoms with Crippen LogP contribution in [0.1, 0.15) is 88.4 Å². The molecule has 0 bridgehead atoms. The van der Waals surface area contributed by atoms with Crippen LogP contribution in [0.4, 0.5) is 4.79 Å². The first-order chi connectivity index (χ1) is 27.5. The van der Waals surface area contributed by atoms with Crippen molar-refractivity contribution in [3.63, 3.8) is 0 Å². The maximum absolute atomic E-state index is 13.6. The Labute approximate surface area is 332 Å². The van der Waals surface area contributed by atoms with Crippen LogP contribution in [0.5, 0.6) is 0 Å². The van der Waals surface area contributed by atoms with Crippen molar-refractivity contribution < 1.29 is 23.9 Å². The predicted octanol–water partition coefficient (Wildman–Crippen LogP) is 6.91. The second-order valence-corrected chi connectivity index (χ2v) is 15.5. The fourth-order valence-corrected chi connectivity index (χ4v) is 7.90. The molecule has 2 aliphatic heterocycles. The summed E-state index contributed by atoms with van der Waals surface area (Å²) in [6, 6.07) is 17.3. The summed E-state index contributed by atoms with van der Waals surface area (Å²) in [6.07, 6.45) is 5.79. The maximum Gasteiger partial charge on any atom is 0.407 e. The third-order valence-electron chi connectivity index (χ3n) is 10.9. The second kappa shape index (κ2) is 16.9. The van der Waals surface area contributed by atoms with Gasteiger partial charge in [-0.2, -0.15) is 0 Å². The number of nitrogens with zero attached hydrogens (tertiary/aromatic N) is 5. The molecule has 2 fully saturated rings. The van der Waals surface area contributed by atoms with Crippen molar-refractivity contribution in [2.75, 3.05) is 27.3 Å². The summed E-state index contributed by atoms with van der Waals surface area (Å²) in [5.41, 5.74) is 5.46. The van der Waals surface area contributed by atoms with Crippen molar-refractivity contribution in [3.8, 4) is 23.0 Å². The molecule has 13 heteroatoms. The normalized spacial score (nSPS) is 18.0. The number of ether oxygens (including phenoxy) is 2. The summed E-state index contributed by atoms with van der Waals surface area (Å²) in [5, 5.41) is 4.85. The van der Waals surface area contributed by atoms with Crippen LogP contribution in [0.2, 0.25) is 0 Å². The van der Waals surface area contributed by atoms with E-state index >= 15 is 0 Å². The molecule has 0 aliphatic carbocycles. The second-order valence-electron chi connectivity index (χ2n) is 15.5.